The Morgan fingerprint density at radius 1 is 1.20 bits per heavy atom. The zero-order valence-corrected chi connectivity index (χ0v) is 9.29. The second kappa shape index (κ2) is 4.81. The molecule has 11 heteroatoms. The van der Waals surface area contributed by atoms with E-state index in [1.807, 2.05) is 0 Å². The highest BCUT2D eigenvalue weighted by atomic mass is 19.4. The molecular weight excluding hydrogens is 298 g/mol. The zero-order valence-electron chi connectivity index (χ0n) is 9.29. The number of nitro benzene ring substituents is 1. The minimum Gasteiger partial charge on any atom is -0.508 e. The lowest BCUT2D eigenvalue weighted by Gasteiger charge is -2.18. The van der Waals surface area contributed by atoms with Crippen LogP contribution in [-0.4, -0.2) is 16.2 Å². The highest BCUT2D eigenvalue weighted by Gasteiger charge is 2.44. The number of benzene rings is 1. The van der Waals surface area contributed by atoms with E-state index in [0.717, 1.165) is 0 Å². The van der Waals surface area contributed by atoms with E-state index in [9.17, 15) is 41.6 Å². The van der Waals surface area contributed by atoms with Crippen LogP contribution in [0.3, 0.4) is 0 Å². The molecule has 5 nitrogen and oxygen atoms in total. The van der Waals surface area contributed by atoms with Crippen molar-refractivity contribution in [3.8, 4) is 5.75 Å². The van der Waals surface area contributed by atoms with E-state index in [2.05, 4.69) is 0 Å². The number of aromatic hydroxyl groups is 1. The predicted octanol–water partition coefficient (Wildman–Crippen LogP) is 2.88. The van der Waals surface area contributed by atoms with Crippen molar-refractivity contribution in [2.24, 2.45) is 5.73 Å². The van der Waals surface area contributed by atoms with Gasteiger partial charge in [0.25, 0.3) is 5.69 Å². The summed E-state index contributed by atoms with van der Waals surface area (Å²) >= 11 is 0. The van der Waals surface area contributed by atoms with Crippen LogP contribution in [0.15, 0.2) is 12.1 Å². The third-order valence-corrected chi connectivity index (χ3v) is 2.33. The van der Waals surface area contributed by atoms with Crippen molar-refractivity contribution < 1.29 is 36.4 Å². The molecule has 0 aromatic heterocycles. The fourth-order valence-electron chi connectivity index (χ4n) is 1.40. The van der Waals surface area contributed by atoms with E-state index in [4.69, 9.17) is 5.73 Å². The standard InChI is InChI=1S/C9H6F6N2O3/c10-8(11,12)4-2-6(18)3(1-5(4)17(19)20)7(16)9(13,14)15/h1-2,7,18H,16H2/t7-/m0/s1. The Morgan fingerprint density at radius 2 is 1.70 bits per heavy atom. The fraction of sp³-hybridized carbons (Fsp3) is 0.333. The van der Waals surface area contributed by atoms with Crippen molar-refractivity contribution in [2.45, 2.75) is 18.4 Å². The second-order valence-corrected chi connectivity index (χ2v) is 3.70. The van der Waals surface area contributed by atoms with Gasteiger partial charge in [0.2, 0.25) is 0 Å². The van der Waals surface area contributed by atoms with E-state index in [0.29, 0.717) is 0 Å². The van der Waals surface area contributed by atoms with E-state index in [1.54, 1.807) is 0 Å². The SMILES string of the molecule is N[C@@H](c1cc([N+](=O)[O-])c(C(F)(F)F)cc1O)C(F)(F)F. The van der Waals surface area contributed by atoms with Gasteiger partial charge in [-0.05, 0) is 6.07 Å². The number of alkyl halides is 6. The Labute approximate surface area is 106 Å². The summed E-state index contributed by atoms with van der Waals surface area (Å²) < 4.78 is 74.5. The second-order valence-electron chi connectivity index (χ2n) is 3.70. The van der Waals surface area contributed by atoms with Gasteiger partial charge < -0.3 is 10.8 Å². The van der Waals surface area contributed by atoms with Crippen LogP contribution in [0.25, 0.3) is 0 Å². The quantitative estimate of drug-likeness (QED) is 0.499. The number of rotatable bonds is 2. The molecule has 0 fully saturated rings. The number of phenolic OH excluding ortho intramolecular Hbond substituents is 1. The first-order chi connectivity index (χ1) is 8.85. The molecule has 0 amide bonds. The van der Waals surface area contributed by atoms with Gasteiger partial charge >= 0.3 is 12.4 Å². The van der Waals surface area contributed by atoms with E-state index >= 15 is 0 Å². The molecule has 112 valence electrons. The van der Waals surface area contributed by atoms with Gasteiger partial charge in [-0.1, -0.05) is 0 Å². The van der Waals surface area contributed by atoms with E-state index in [1.165, 1.54) is 0 Å². The Kier molecular flexibility index (Phi) is 3.85. The molecule has 1 aromatic carbocycles. The molecule has 0 heterocycles. The number of hydrogen-bond donors (Lipinski definition) is 2. The molecular formula is C9H6F6N2O3. The number of nitro groups is 1. The van der Waals surface area contributed by atoms with Gasteiger partial charge in [-0.15, -0.1) is 0 Å². The molecule has 1 aromatic rings. The summed E-state index contributed by atoms with van der Waals surface area (Å²) in [5.41, 5.74) is 0.0180. The summed E-state index contributed by atoms with van der Waals surface area (Å²) in [6.45, 7) is 0. The number of halogens is 6. The molecule has 0 unspecified atom stereocenters. The molecule has 0 aliphatic heterocycles. The molecule has 0 aliphatic rings. The Bertz CT molecular complexity index is 540. The third-order valence-electron chi connectivity index (χ3n) is 2.33. The van der Waals surface area contributed by atoms with Gasteiger partial charge in [0, 0.05) is 11.6 Å². The first kappa shape index (κ1) is 16.0. The van der Waals surface area contributed by atoms with Crippen molar-refractivity contribution in [3.05, 3.63) is 33.4 Å². The lowest BCUT2D eigenvalue weighted by molar-refractivity contribution is -0.388. The molecule has 1 atom stereocenters. The fourth-order valence-corrected chi connectivity index (χ4v) is 1.40. The van der Waals surface area contributed by atoms with Crippen LogP contribution in [0.5, 0.6) is 5.75 Å². The van der Waals surface area contributed by atoms with Crippen LogP contribution >= 0.6 is 0 Å². The zero-order chi connectivity index (χ0) is 15.9. The van der Waals surface area contributed by atoms with Gasteiger partial charge in [-0.25, -0.2) is 0 Å². The largest absolute Gasteiger partial charge is 0.508 e. The molecule has 0 spiro atoms. The van der Waals surface area contributed by atoms with Crippen molar-refractivity contribution in [1.29, 1.82) is 0 Å². The topological polar surface area (TPSA) is 89.4 Å². The number of hydrogen-bond acceptors (Lipinski definition) is 4. The number of phenols is 1. The molecule has 20 heavy (non-hydrogen) atoms. The van der Waals surface area contributed by atoms with E-state index < -0.39 is 45.9 Å². The van der Waals surface area contributed by atoms with Gasteiger partial charge in [0.05, 0.1) is 4.92 Å². The predicted molar refractivity (Wildman–Crippen MR) is 52.7 cm³/mol. The third kappa shape index (κ3) is 3.10. The van der Waals surface area contributed by atoms with Crippen LogP contribution in [0.1, 0.15) is 17.2 Å². The highest BCUT2D eigenvalue weighted by Crippen LogP contribution is 2.43. The van der Waals surface area contributed by atoms with Crippen LogP contribution in [0.4, 0.5) is 32.0 Å². The maximum Gasteiger partial charge on any atom is 0.423 e. The first-order valence-corrected chi connectivity index (χ1v) is 4.76. The molecule has 0 aliphatic carbocycles. The number of nitrogens with zero attached hydrogens (tertiary/aromatic N) is 1. The van der Waals surface area contributed by atoms with E-state index in [-0.39, 0.29) is 12.1 Å². The van der Waals surface area contributed by atoms with Gasteiger partial charge in [-0.2, -0.15) is 26.3 Å². The van der Waals surface area contributed by atoms with Crippen molar-refractivity contribution >= 4 is 5.69 Å². The van der Waals surface area contributed by atoms with Crippen LogP contribution in [-0.2, 0) is 6.18 Å². The summed E-state index contributed by atoms with van der Waals surface area (Å²) in [5, 5.41) is 19.7. The van der Waals surface area contributed by atoms with Crippen molar-refractivity contribution in [2.75, 3.05) is 0 Å². The molecule has 0 saturated heterocycles. The minimum absolute atomic E-state index is 0.0314. The lowest BCUT2D eigenvalue weighted by atomic mass is 10.0. The minimum atomic E-state index is -5.21. The summed E-state index contributed by atoms with van der Waals surface area (Å²) in [6.07, 6.45) is -10.3. The lowest BCUT2D eigenvalue weighted by Crippen LogP contribution is -2.28. The number of nitrogens with two attached hydrogens (primary N) is 1. The summed E-state index contributed by atoms with van der Waals surface area (Å²) in [5.74, 6) is -1.42. The average Bonchev–Trinajstić information content (AvgIpc) is 2.24. The first-order valence-electron chi connectivity index (χ1n) is 4.76. The Hall–Kier alpha value is -2.04. The van der Waals surface area contributed by atoms with Crippen molar-refractivity contribution in [1.82, 2.24) is 0 Å². The smallest absolute Gasteiger partial charge is 0.423 e. The Balaban J connectivity index is 3.54. The summed E-state index contributed by atoms with van der Waals surface area (Å²) in [4.78, 5) is 9.00. The summed E-state index contributed by atoms with van der Waals surface area (Å²) in [7, 11) is 0. The molecule has 1 rings (SSSR count). The van der Waals surface area contributed by atoms with Crippen LogP contribution < -0.4 is 5.73 Å². The van der Waals surface area contributed by atoms with Gasteiger partial charge in [0.15, 0.2) is 0 Å². The highest BCUT2D eigenvalue weighted by molar-refractivity contribution is 5.52. The maximum absolute atomic E-state index is 12.5. The van der Waals surface area contributed by atoms with Crippen LogP contribution in [0, 0.1) is 10.1 Å². The summed E-state index contributed by atoms with van der Waals surface area (Å²) in [6, 6.07) is -3.03. The Morgan fingerprint density at radius 3 is 2.05 bits per heavy atom. The average molecular weight is 304 g/mol. The van der Waals surface area contributed by atoms with Crippen molar-refractivity contribution in [3.63, 3.8) is 0 Å². The van der Waals surface area contributed by atoms with Crippen LogP contribution in [0.2, 0.25) is 0 Å². The molecule has 0 bridgehead atoms. The molecule has 3 N–H and O–H groups in total. The normalized spacial score (nSPS) is 14.2. The monoisotopic (exact) mass is 304 g/mol. The maximum atomic E-state index is 12.5. The van der Waals surface area contributed by atoms with Gasteiger partial charge in [0.1, 0.15) is 17.4 Å². The molecule has 0 radical (unpaired) electrons. The van der Waals surface area contributed by atoms with Gasteiger partial charge in [-0.3, -0.25) is 10.1 Å². The molecule has 0 saturated carbocycles.